The second-order valence-corrected chi connectivity index (χ2v) is 3.05. The molecule has 0 aliphatic carbocycles. The van der Waals surface area contributed by atoms with Gasteiger partial charge in [0.15, 0.2) is 0 Å². The normalized spacial score (nSPS) is 7.83. The number of ether oxygens (including phenoxy) is 1. The van der Waals surface area contributed by atoms with E-state index >= 15 is 0 Å². The Hall–Kier alpha value is -0.180. The summed E-state index contributed by atoms with van der Waals surface area (Å²) in [6.07, 6.45) is 0.819. The minimum atomic E-state index is -0.206. The highest BCUT2D eigenvalue weighted by Gasteiger charge is 1.85. The summed E-state index contributed by atoms with van der Waals surface area (Å²) in [6.45, 7) is 1.92. The maximum absolute atomic E-state index is 9.97. The molecule has 0 amide bonds. The molecule has 0 aromatic carbocycles. The number of carbonyl (C=O) groups is 1. The van der Waals surface area contributed by atoms with E-state index < -0.39 is 0 Å². The molecule has 12 heavy (non-hydrogen) atoms. The molecule has 4 nitrogen and oxygen atoms in total. The molecule has 0 bridgehead atoms. The second-order valence-electron chi connectivity index (χ2n) is 2.47. The molecule has 0 fully saturated rings. The van der Waals surface area contributed by atoms with Crippen LogP contribution in [0.1, 0.15) is 6.92 Å². The summed E-state index contributed by atoms with van der Waals surface area (Å²) >= 11 is 0. The van der Waals surface area contributed by atoms with Gasteiger partial charge in [0.2, 0.25) is 0 Å². The fraction of sp³-hybridized carbons (Fsp3) is 0.857. The standard InChI is InChI=1S/C4H9O2P.C3H9N.H2O/c1-4(5)6-2-3-7;1-4(2)3;/h2-3,7H2,1H3;1-3H3;1H2. The van der Waals surface area contributed by atoms with Gasteiger partial charge in [-0.25, -0.2) is 0 Å². The number of hydrogen-bond donors (Lipinski definition) is 0. The number of esters is 1. The van der Waals surface area contributed by atoms with E-state index in [1.54, 1.807) is 0 Å². The van der Waals surface area contributed by atoms with Crippen LogP contribution in [-0.2, 0) is 9.53 Å². The molecule has 5 heteroatoms. The summed E-state index contributed by atoms with van der Waals surface area (Å²) in [5, 5.41) is 0. The van der Waals surface area contributed by atoms with Crippen LogP contribution in [0.3, 0.4) is 0 Å². The number of nitrogens with zero attached hydrogens (tertiary/aromatic N) is 1. The molecule has 0 aromatic heterocycles. The van der Waals surface area contributed by atoms with Crippen molar-refractivity contribution >= 4 is 15.2 Å². The van der Waals surface area contributed by atoms with Crippen molar-refractivity contribution in [3.05, 3.63) is 0 Å². The summed E-state index contributed by atoms with van der Waals surface area (Å²) in [6, 6.07) is 0. The lowest BCUT2D eigenvalue weighted by molar-refractivity contribution is -0.140. The molecule has 0 radical (unpaired) electrons. The van der Waals surface area contributed by atoms with Crippen LogP contribution in [0.2, 0.25) is 0 Å². The highest BCUT2D eigenvalue weighted by molar-refractivity contribution is 7.16. The third-order valence-electron chi connectivity index (χ3n) is 0.423. The Labute approximate surface area is 76.8 Å². The Morgan fingerprint density at radius 3 is 1.83 bits per heavy atom. The molecule has 2 N–H and O–H groups in total. The molecule has 0 saturated heterocycles. The van der Waals surface area contributed by atoms with Crippen LogP contribution in [0, 0.1) is 0 Å². The van der Waals surface area contributed by atoms with Crippen LogP contribution >= 0.6 is 9.24 Å². The average Bonchev–Trinajstić information content (AvgIpc) is 1.82. The second kappa shape index (κ2) is 13.4. The Kier molecular flexibility index (Phi) is 19.9. The highest BCUT2D eigenvalue weighted by atomic mass is 31.0. The first-order valence-electron chi connectivity index (χ1n) is 3.45. The zero-order valence-electron chi connectivity index (χ0n) is 8.26. The summed E-state index contributed by atoms with van der Waals surface area (Å²) in [5.74, 6) is -0.206. The van der Waals surface area contributed by atoms with Crippen molar-refractivity contribution in [1.82, 2.24) is 4.90 Å². The van der Waals surface area contributed by atoms with E-state index in [0.717, 1.165) is 6.16 Å². The SMILES string of the molecule is CC(=O)OCCP.CN(C)C.O. The van der Waals surface area contributed by atoms with Gasteiger partial charge in [-0.15, -0.1) is 9.24 Å². The fourth-order valence-corrected chi connectivity index (χ4v) is 0.321. The number of carbonyl (C=O) groups excluding carboxylic acids is 1. The van der Waals surface area contributed by atoms with E-state index in [9.17, 15) is 4.79 Å². The maximum atomic E-state index is 9.97. The first kappa shape index (κ1) is 17.8. The van der Waals surface area contributed by atoms with Crippen molar-refractivity contribution in [2.75, 3.05) is 33.9 Å². The van der Waals surface area contributed by atoms with Gasteiger partial charge in [0.1, 0.15) is 0 Å². The molecule has 0 heterocycles. The molecule has 1 atom stereocenters. The van der Waals surface area contributed by atoms with Crippen LogP contribution in [-0.4, -0.2) is 50.3 Å². The van der Waals surface area contributed by atoms with Crippen molar-refractivity contribution in [1.29, 1.82) is 0 Å². The maximum Gasteiger partial charge on any atom is 0.302 e. The summed E-state index contributed by atoms with van der Waals surface area (Å²) in [7, 11) is 8.47. The molecule has 0 aliphatic rings. The van der Waals surface area contributed by atoms with Gasteiger partial charge in [0.25, 0.3) is 0 Å². The van der Waals surface area contributed by atoms with Gasteiger partial charge in [0.05, 0.1) is 6.61 Å². The zero-order valence-corrected chi connectivity index (χ0v) is 9.41. The summed E-state index contributed by atoms with van der Waals surface area (Å²) in [4.78, 5) is 12.0. The van der Waals surface area contributed by atoms with Crippen LogP contribution in [0.15, 0.2) is 0 Å². The third kappa shape index (κ3) is 52.4. The van der Waals surface area contributed by atoms with Gasteiger partial charge >= 0.3 is 5.97 Å². The van der Waals surface area contributed by atoms with Gasteiger partial charge in [-0.05, 0) is 27.3 Å². The average molecular weight is 197 g/mol. The van der Waals surface area contributed by atoms with Gasteiger partial charge in [-0.1, -0.05) is 0 Å². The van der Waals surface area contributed by atoms with Gasteiger partial charge in [-0.2, -0.15) is 0 Å². The molecule has 0 aliphatic heterocycles. The Bertz CT molecular complexity index is 95.9. The zero-order chi connectivity index (χ0) is 9.28. The van der Waals surface area contributed by atoms with E-state index in [0.29, 0.717) is 6.61 Å². The van der Waals surface area contributed by atoms with Crippen molar-refractivity contribution < 1.29 is 15.0 Å². The lowest BCUT2D eigenvalue weighted by Gasteiger charge is -1.93. The third-order valence-corrected chi connectivity index (χ3v) is 0.659. The van der Waals surface area contributed by atoms with Crippen LogP contribution in [0.5, 0.6) is 0 Å². The van der Waals surface area contributed by atoms with Crippen molar-refractivity contribution in [2.45, 2.75) is 6.92 Å². The van der Waals surface area contributed by atoms with Crippen LogP contribution in [0.25, 0.3) is 0 Å². The molecular formula is C7H20NO3P. The smallest absolute Gasteiger partial charge is 0.302 e. The summed E-state index contributed by atoms with van der Waals surface area (Å²) in [5.41, 5.74) is 0. The molecule has 76 valence electrons. The summed E-state index contributed by atoms with van der Waals surface area (Å²) < 4.78 is 4.53. The molecule has 0 saturated carbocycles. The topological polar surface area (TPSA) is 61.0 Å². The molecule has 0 aromatic rings. The number of rotatable bonds is 2. The monoisotopic (exact) mass is 197 g/mol. The van der Waals surface area contributed by atoms with E-state index in [-0.39, 0.29) is 11.4 Å². The first-order chi connectivity index (χ1) is 5.00. The molecule has 0 spiro atoms. The predicted molar refractivity (Wildman–Crippen MR) is 54.4 cm³/mol. The lowest BCUT2D eigenvalue weighted by atomic mass is 10.8. The largest absolute Gasteiger partial charge is 0.466 e. The highest BCUT2D eigenvalue weighted by Crippen LogP contribution is 1.81. The Morgan fingerprint density at radius 2 is 1.75 bits per heavy atom. The van der Waals surface area contributed by atoms with Crippen molar-refractivity contribution in [2.24, 2.45) is 0 Å². The minimum Gasteiger partial charge on any atom is -0.466 e. The number of hydrogen-bond acceptors (Lipinski definition) is 3. The fourth-order valence-electron chi connectivity index (χ4n) is 0.203. The Morgan fingerprint density at radius 1 is 1.42 bits per heavy atom. The van der Waals surface area contributed by atoms with Crippen molar-refractivity contribution in [3.63, 3.8) is 0 Å². The Balaban J connectivity index is -0.000000142. The predicted octanol–water partition coefficient (Wildman–Crippen LogP) is -0.222. The van der Waals surface area contributed by atoms with Crippen LogP contribution < -0.4 is 0 Å². The minimum absolute atomic E-state index is 0. The van der Waals surface area contributed by atoms with E-state index in [1.165, 1.54) is 6.92 Å². The van der Waals surface area contributed by atoms with Crippen molar-refractivity contribution in [3.8, 4) is 0 Å². The van der Waals surface area contributed by atoms with Crippen LogP contribution in [0.4, 0.5) is 0 Å². The van der Waals surface area contributed by atoms with E-state index in [4.69, 9.17) is 0 Å². The molecular weight excluding hydrogens is 177 g/mol. The molecule has 0 rings (SSSR count). The van der Waals surface area contributed by atoms with Gasteiger partial charge in [-0.3, -0.25) is 4.79 Å². The molecule has 1 unspecified atom stereocenters. The van der Waals surface area contributed by atoms with E-state index in [2.05, 4.69) is 14.0 Å². The first-order valence-corrected chi connectivity index (χ1v) is 4.26. The van der Waals surface area contributed by atoms with Gasteiger partial charge < -0.3 is 15.1 Å². The quantitative estimate of drug-likeness (QED) is 0.454. The van der Waals surface area contributed by atoms with Gasteiger partial charge in [0, 0.05) is 6.92 Å². The van der Waals surface area contributed by atoms with E-state index in [1.807, 2.05) is 26.0 Å². The lowest BCUT2D eigenvalue weighted by Crippen LogP contribution is -2.00.